The third-order valence-corrected chi connectivity index (χ3v) is 8.27. The summed E-state index contributed by atoms with van der Waals surface area (Å²) in [5, 5.41) is 3.88. The Kier molecular flexibility index (Phi) is 7.71. The zero-order valence-electron chi connectivity index (χ0n) is 16.0. The van der Waals surface area contributed by atoms with Crippen LogP contribution in [-0.4, -0.2) is 79.9 Å². The van der Waals surface area contributed by atoms with Crippen molar-refractivity contribution in [3.63, 3.8) is 0 Å². The molecule has 27 heavy (non-hydrogen) atoms. The first-order chi connectivity index (χ1) is 12.6. The molecule has 2 rings (SSSR count). The quantitative estimate of drug-likeness (QED) is 0.547. The summed E-state index contributed by atoms with van der Waals surface area (Å²) >= 11 is 1.97. The number of hydrogen-bond acceptors (Lipinski definition) is 4. The number of aliphatic imine (C=N–C) groups is 1. The summed E-state index contributed by atoms with van der Waals surface area (Å²) in [6, 6.07) is 0. The Morgan fingerprint density at radius 3 is 2.41 bits per heavy atom. The van der Waals surface area contributed by atoms with Crippen LogP contribution in [-0.2, 0) is 10.0 Å². The first-order valence-corrected chi connectivity index (χ1v) is 11.7. The van der Waals surface area contributed by atoms with E-state index in [0.717, 1.165) is 24.8 Å². The van der Waals surface area contributed by atoms with Gasteiger partial charge in [0.05, 0.1) is 0 Å². The minimum atomic E-state index is -5.22. The number of guanidine groups is 1. The molecule has 2 fully saturated rings. The van der Waals surface area contributed by atoms with Gasteiger partial charge in [0, 0.05) is 50.8 Å². The third-order valence-electron chi connectivity index (χ3n) is 5.10. The van der Waals surface area contributed by atoms with Gasteiger partial charge in [-0.05, 0) is 24.7 Å². The minimum absolute atomic E-state index is 0.0947. The van der Waals surface area contributed by atoms with E-state index in [0.29, 0.717) is 34.9 Å². The standard InChI is InChI=1S/C16H29F3N4O2S2/c1-12(2)14-11-22(8-9-26-14)15(20-3)21-10-13-4-6-23(7-5-13)27(24,25)16(17,18)19/h12-14H,4-11H2,1-3H3,(H,20,21). The number of thioether (sulfide) groups is 1. The number of nitrogens with one attached hydrogen (secondary N) is 1. The maximum Gasteiger partial charge on any atom is 0.511 e. The van der Waals surface area contributed by atoms with E-state index in [-0.39, 0.29) is 19.0 Å². The first kappa shape index (κ1) is 22.6. The summed E-state index contributed by atoms with van der Waals surface area (Å²) in [5.41, 5.74) is -5.22. The van der Waals surface area contributed by atoms with E-state index in [1.165, 1.54) is 0 Å². The first-order valence-electron chi connectivity index (χ1n) is 9.20. The highest BCUT2D eigenvalue weighted by atomic mass is 32.2. The molecule has 11 heteroatoms. The molecular formula is C16H29F3N4O2S2. The molecule has 0 radical (unpaired) electrons. The summed E-state index contributed by atoms with van der Waals surface area (Å²) in [6.07, 6.45) is 0.813. The number of rotatable bonds is 4. The lowest BCUT2D eigenvalue weighted by Crippen LogP contribution is -2.51. The smallest absolute Gasteiger partial charge is 0.356 e. The van der Waals surface area contributed by atoms with Crippen LogP contribution in [0.4, 0.5) is 13.2 Å². The Morgan fingerprint density at radius 1 is 1.26 bits per heavy atom. The van der Waals surface area contributed by atoms with Crippen LogP contribution in [0.5, 0.6) is 0 Å². The van der Waals surface area contributed by atoms with E-state index in [4.69, 9.17) is 0 Å². The van der Waals surface area contributed by atoms with Crippen molar-refractivity contribution in [3.05, 3.63) is 0 Å². The van der Waals surface area contributed by atoms with Gasteiger partial charge < -0.3 is 10.2 Å². The van der Waals surface area contributed by atoms with Crippen molar-refractivity contribution >= 4 is 27.7 Å². The second-order valence-electron chi connectivity index (χ2n) is 7.32. The van der Waals surface area contributed by atoms with Gasteiger partial charge in [0.15, 0.2) is 5.96 Å². The summed E-state index contributed by atoms with van der Waals surface area (Å²) < 4.78 is 61.4. The highest BCUT2D eigenvalue weighted by Crippen LogP contribution is 2.30. The van der Waals surface area contributed by atoms with Gasteiger partial charge in [0.1, 0.15) is 0 Å². The van der Waals surface area contributed by atoms with Crippen molar-refractivity contribution in [2.45, 2.75) is 37.4 Å². The monoisotopic (exact) mass is 430 g/mol. The van der Waals surface area contributed by atoms with Crippen molar-refractivity contribution < 1.29 is 21.6 Å². The van der Waals surface area contributed by atoms with Crippen molar-refractivity contribution in [1.82, 2.24) is 14.5 Å². The summed E-state index contributed by atoms with van der Waals surface area (Å²) in [7, 11) is -3.48. The SMILES string of the molecule is CN=C(NCC1CCN(S(=O)(=O)C(F)(F)F)CC1)N1CCSC(C(C)C)C1. The number of sulfonamides is 1. The molecule has 0 spiro atoms. The summed E-state index contributed by atoms with van der Waals surface area (Å²) in [6.45, 7) is 6.65. The van der Waals surface area contributed by atoms with E-state index in [9.17, 15) is 21.6 Å². The molecule has 0 saturated carbocycles. The molecule has 1 atom stereocenters. The summed E-state index contributed by atoms with van der Waals surface area (Å²) in [4.78, 5) is 6.57. The summed E-state index contributed by atoms with van der Waals surface area (Å²) in [5.74, 6) is 2.56. The van der Waals surface area contributed by atoms with Crippen molar-refractivity contribution in [2.75, 3.05) is 45.5 Å². The molecule has 1 unspecified atom stereocenters. The van der Waals surface area contributed by atoms with Crippen LogP contribution in [0.3, 0.4) is 0 Å². The molecular weight excluding hydrogens is 401 g/mol. The third kappa shape index (κ3) is 5.66. The molecule has 2 heterocycles. The molecule has 0 aromatic rings. The van der Waals surface area contributed by atoms with E-state index >= 15 is 0 Å². The van der Waals surface area contributed by atoms with E-state index in [2.05, 4.69) is 29.1 Å². The molecule has 2 saturated heterocycles. The second kappa shape index (κ2) is 9.21. The normalized spacial score (nSPS) is 24.5. The zero-order valence-corrected chi connectivity index (χ0v) is 17.6. The van der Waals surface area contributed by atoms with Crippen molar-refractivity contribution in [3.8, 4) is 0 Å². The van der Waals surface area contributed by atoms with Gasteiger partial charge in [-0.1, -0.05) is 13.8 Å². The Bertz CT molecular complexity index is 618. The fourth-order valence-electron chi connectivity index (χ4n) is 3.34. The lowest BCUT2D eigenvalue weighted by molar-refractivity contribution is -0.0496. The zero-order chi connectivity index (χ0) is 20.2. The Hall–Kier alpha value is -0.680. The van der Waals surface area contributed by atoms with Crippen molar-refractivity contribution in [2.24, 2.45) is 16.8 Å². The predicted octanol–water partition coefficient (Wildman–Crippen LogP) is 2.20. The molecule has 1 N–H and O–H groups in total. The predicted molar refractivity (Wildman–Crippen MR) is 103 cm³/mol. The highest BCUT2D eigenvalue weighted by Gasteiger charge is 2.50. The van der Waals surface area contributed by atoms with Gasteiger partial charge in [0.2, 0.25) is 0 Å². The second-order valence-corrected chi connectivity index (χ2v) is 10.6. The van der Waals surface area contributed by atoms with E-state index in [1.54, 1.807) is 7.05 Å². The topological polar surface area (TPSA) is 65.0 Å². The number of hydrogen-bond donors (Lipinski definition) is 1. The average molecular weight is 431 g/mol. The lowest BCUT2D eigenvalue weighted by atomic mass is 9.98. The molecule has 158 valence electrons. The number of nitrogens with zero attached hydrogens (tertiary/aromatic N) is 3. The minimum Gasteiger partial charge on any atom is -0.356 e. The van der Waals surface area contributed by atoms with Crippen molar-refractivity contribution in [1.29, 1.82) is 0 Å². The van der Waals surface area contributed by atoms with Crippen LogP contribution < -0.4 is 5.32 Å². The van der Waals surface area contributed by atoms with Gasteiger partial charge >= 0.3 is 15.5 Å². The van der Waals surface area contributed by atoms with Gasteiger partial charge in [-0.15, -0.1) is 0 Å². The highest BCUT2D eigenvalue weighted by molar-refractivity contribution is 8.00. The van der Waals surface area contributed by atoms with Gasteiger partial charge in [-0.3, -0.25) is 4.99 Å². The molecule has 0 amide bonds. The van der Waals surface area contributed by atoms with Crippen LogP contribution in [0.15, 0.2) is 4.99 Å². The Labute approximate surface area is 164 Å². The molecule has 0 aliphatic carbocycles. The number of alkyl halides is 3. The molecule has 2 aliphatic heterocycles. The average Bonchev–Trinajstić information content (AvgIpc) is 2.62. The Morgan fingerprint density at radius 2 is 1.89 bits per heavy atom. The Balaban J connectivity index is 1.83. The van der Waals surface area contributed by atoms with Crippen LogP contribution in [0.2, 0.25) is 0 Å². The van der Waals surface area contributed by atoms with Crippen LogP contribution in [0, 0.1) is 11.8 Å². The van der Waals surface area contributed by atoms with Gasteiger partial charge in [-0.2, -0.15) is 29.2 Å². The molecule has 0 bridgehead atoms. The van der Waals surface area contributed by atoms with Crippen LogP contribution in [0.25, 0.3) is 0 Å². The fraction of sp³-hybridized carbons (Fsp3) is 0.938. The number of halogens is 3. The van der Waals surface area contributed by atoms with Gasteiger partial charge in [0.25, 0.3) is 0 Å². The van der Waals surface area contributed by atoms with E-state index < -0.39 is 15.5 Å². The molecule has 6 nitrogen and oxygen atoms in total. The molecule has 0 aromatic carbocycles. The van der Waals surface area contributed by atoms with Gasteiger partial charge in [-0.25, -0.2) is 8.42 Å². The molecule has 2 aliphatic rings. The fourth-order valence-corrected chi connectivity index (χ4v) is 5.62. The van der Waals surface area contributed by atoms with Crippen LogP contribution in [0.1, 0.15) is 26.7 Å². The largest absolute Gasteiger partial charge is 0.511 e. The van der Waals surface area contributed by atoms with E-state index in [1.807, 2.05) is 11.8 Å². The molecule has 0 aromatic heterocycles. The lowest BCUT2D eigenvalue weighted by Gasteiger charge is -2.37. The number of piperidine rings is 1. The maximum absolute atomic E-state index is 12.6. The van der Waals surface area contributed by atoms with Crippen LogP contribution >= 0.6 is 11.8 Å². The maximum atomic E-state index is 12.6.